The van der Waals surface area contributed by atoms with Gasteiger partial charge in [0.1, 0.15) is 22.4 Å². The number of aromatic nitrogens is 4. The average Bonchev–Trinajstić information content (AvgIpc) is 3.38. The van der Waals surface area contributed by atoms with E-state index < -0.39 is 35.6 Å². The van der Waals surface area contributed by atoms with Crippen molar-refractivity contribution in [1.29, 1.82) is 0 Å². The second kappa shape index (κ2) is 11.4. The largest absolute Gasteiger partial charge is 0.471 e. The van der Waals surface area contributed by atoms with Gasteiger partial charge in [-0.3, -0.25) is 9.59 Å². The molecular weight excluding hydrogens is 558 g/mol. The van der Waals surface area contributed by atoms with E-state index in [1.54, 1.807) is 6.20 Å². The predicted octanol–water partition coefficient (Wildman–Crippen LogP) is 2.34. The van der Waals surface area contributed by atoms with Gasteiger partial charge in [-0.15, -0.1) is 11.3 Å². The molecule has 1 unspecified atom stereocenters. The first-order chi connectivity index (χ1) is 20.3. The van der Waals surface area contributed by atoms with Crippen molar-refractivity contribution in [1.82, 2.24) is 29.7 Å². The summed E-state index contributed by atoms with van der Waals surface area (Å²) in [6, 6.07) is 0.295. The van der Waals surface area contributed by atoms with Crippen LogP contribution >= 0.6 is 11.3 Å². The van der Waals surface area contributed by atoms with Gasteiger partial charge < -0.3 is 30.0 Å². The number of nitrogens with zero attached hydrogens (tertiary/aromatic N) is 5. The number of carbonyl (C=O) groups excluding carboxylic acids is 3. The number of thiophene rings is 1. The van der Waals surface area contributed by atoms with Crippen LogP contribution in [0, 0.1) is 5.92 Å². The van der Waals surface area contributed by atoms with Crippen LogP contribution in [0.1, 0.15) is 44.9 Å². The molecule has 3 aliphatic rings. The number of carbonyl (C=O) groups is 3. The Morgan fingerprint density at radius 2 is 2.10 bits per heavy atom. The molecule has 12 nitrogen and oxygen atoms in total. The molecule has 0 spiro atoms. The Morgan fingerprint density at radius 3 is 2.88 bits per heavy atom. The van der Waals surface area contributed by atoms with Gasteiger partial charge in [0.25, 0.3) is 0 Å². The average molecular weight is 594 g/mol. The van der Waals surface area contributed by atoms with E-state index in [1.807, 2.05) is 35.3 Å². The maximum atomic E-state index is 13.8. The van der Waals surface area contributed by atoms with Crippen molar-refractivity contribution in [3.8, 4) is 17.5 Å². The molecule has 1 saturated carbocycles. The monoisotopic (exact) mass is 593 g/mol. The molecule has 42 heavy (non-hydrogen) atoms. The fourth-order valence-electron chi connectivity index (χ4n) is 5.97. The van der Waals surface area contributed by atoms with Crippen molar-refractivity contribution in [2.24, 2.45) is 18.7 Å². The number of hydrogen-bond acceptors (Lipinski definition) is 10. The van der Waals surface area contributed by atoms with Crippen LogP contribution in [0.3, 0.4) is 0 Å². The minimum Gasteiger partial charge on any atom is -0.471 e. The van der Waals surface area contributed by atoms with E-state index in [9.17, 15) is 14.4 Å². The lowest BCUT2D eigenvalue weighted by Crippen LogP contribution is -2.55. The molecule has 1 saturated heterocycles. The smallest absolute Gasteiger partial charge is 0.332 e. The van der Waals surface area contributed by atoms with Gasteiger partial charge in [-0.25, -0.2) is 14.8 Å². The van der Waals surface area contributed by atoms with Crippen molar-refractivity contribution in [2.75, 3.05) is 13.7 Å². The number of imidazole rings is 1. The molecule has 0 bridgehead atoms. The summed E-state index contributed by atoms with van der Waals surface area (Å²) >= 11 is 1.45. The maximum Gasteiger partial charge on any atom is 0.332 e. The summed E-state index contributed by atoms with van der Waals surface area (Å²) in [5.74, 6) is 0.0152. The lowest BCUT2D eigenvalue weighted by Gasteiger charge is -2.28. The first-order valence-corrected chi connectivity index (χ1v) is 15.2. The summed E-state index contributed by atoms with van der Waals surface area (Å²) in [5.41, 5.74) is 5.95. The molecule has 5 atom stereocenters. The number of ether oxygens (including phenoxy) is 2. The lowest BCUT2D eigenvalue weighted by atomic mass is 10.1. The van der Waals surface area contributed by atoms with Crippen LogP contribution in [0.4, 0.5) is 0 Å². The minimum absolute atomic E-state index is 0.156. The number of hydrogen-bond donors (Lipinski definition) is 2. The fraction of sp³-hybridized carbons (Fsp3) is 0.517. The summed E-state index contributed by atoms with van der Waals surface area (Å²) in [4.78, 5) is 55.5. The number of allylic oxidation sites excluding steroid dienone is 1. The third kappa shape index (κ3) is 5.26. The van der Waals surface area contributed by atoms with Crippen molar-refractivity contribution in [2.45, 2.75) is 68.7 Å². The van der Waals surface area contributed by atoms with E-state index in [0.29, 0.717) is 30.4 Å². The van der Waals surface area contributed by atoms with Gasteiger partial charge in [0.15, 0.2) is 11.6 Å². The maximum absolute atomic E-state index is 13.8. The summed E-state index contributed by atoms with van der Waals surface area (Å²) in [6.45, 7) is 0.161. The number of nitrogens with two attached hydrogens (primary N) is 1. The zero-order valence-electron chi connectivity index (χ0n) is 23.7. The van der Waals surface area contributed by atoms with Gasteiger partial charge in [-0.05, 0) is 37.1 Å². The normalized spacial score (nSPS) is 29.2. The number of amides is 2. The van der Waals surface area contributed by atoms with Crippen LogP contribution in [-0.4, -0.2) is 79.6 Å². The number of aryl methyl sites for hydroxylation is 1. The van der Waals surface area contributed by atoms with Gasteiger partial charge in [0.2, 0.25) is 17.7 Å². The topological polar surface area (TPSA) is 155 Å². The van der Waals surface area contributed by atoms with Crippen molar-refractivity contribution >= 4 is 39.3 Å². The summed E-state index contributed by atoms with van der Waals surface area (Å²) < 4.78 is 14.1. The highest BCUT2D eigenvalue weighted by Crippen LogP contribution is 2.46. The molecule has 222 valence electrons. The molecule has 2 aliphatic heterocycles. The highest BCUT2D eigenvalue weighted by Gasteiger charge is 2.62. The van der Waals surface area contributed by atoms with Gasteiger partial charge >= 0.3 is 5.97 Å². The van der Waals surface area contributed by atoms with Crippen molar-refractivity contribution in [3.05, 3.63) is 36.0 Å². The van der Waals surface area contributed by atoms with Crippen LogP contribution in [0.5, 0.6) is 5.88 Å². The Balaban J connectivity index is 1.29. The van der Waals surface area contributed by atoms with Crippen LogP contribution in [0.15, 0.2) is 36.0 Å². The van der Waals surface area contributed by atoms with E-state index >= 15 is 0 Å². The number of methoxy groups -OCH3 is 1. The van der Waals surface area contributed by atoms with Gasteiger partial charge in [0, 0.05) is 31.8 Å². The van der Waals surface area contributed by atoms with E-state index in [4.69, 9.17) is 20.2 Å². The molecule has 1 aliphatic carbocycles. The standard InChI is InChI=1S/C29H35N7O5S/c1-35-12-11-31-24(35)23-32-20-10-13-42-22(20)26(33-23)41-18-14-21-25(37)34-29(28(39)40-2)15-17(29)8-6-4-3-5-7-9-19(30)27(38)36(21)16-18/h6,8,10-13,17-19,21H,3-5,7,9,14-16,30H2,1-2H3,(H,34,37)/b8-6-/t17-,18-,19?,21+,29-/m1/s1. The Bertz CT molecular complexity index is 1540. The second-order valence-electron chi connectivity index (χ2n) is 11.3. The fourth-order valence-corrected chi connectivity index (χ4v) is 6.73. The quantitative estimate of drug-likeness (QED) is 0.343. The zero-order chi connectivity index (χ0) is 29.4. The van der Waals surface area contributed by atoms with Gasteiger partial charge in [-0.2, -0.15) is 4.98 Å². The molecular formula is C29H35N7O5S. The molecule has 3 aromatic rings. The van der Waals surface area contributed by atoms with Gasteiger partial charge in [0.05, 0.1) is 25.2 Å². The molecule has 0 radical (unpaired) electrons. The second-order valence-corrected chi connectivity index (χ2v) is 12.2. The van der Waals surface area contributed by atoms with Crippen LogP contribution < -0.4 is 15.8 Å². The lowest BCUT2D eigenvalue weighted by molar-refractivity contribution is -0.148. The van der Waals surface area contributed by atoms with E-state index in [2.05, 4.69) is 21.4 Å². The Labute approximate surface area is 247 Å². The first-order valence-electron chi connectivity index (χ1n) is 14.3. The predicted molar refractivity (Wildman–Crippen MR) is 155 cm³/mol. The Hall–Kier alpha value is -3.84. The third-order valence-corrected chi connectivity index (χ3v) is 9.29. The van der Waals surface area contributed by atoms with E-state index in [1.165, 1.54) is 23.3 Å². The number of rotatable bonds is 4. The van der Waals surface area contributed by atoms with Crippen LogP contribution in [0.2, 0.25) is 0 Å². The molecule has 3 N–H and O–H groups in total. The Morgan fingerprint density at radius 1 is 1.24 bits per heavy atom. The highest BCUT2D eigenvalue weighted by molar-refractivity contribution is 7.17. The summed E-state index contributed by atoms with van der Waals surface area (Å²) in [7, 11) is 3.18. The van der Waals surface area contributed by atoms with Gasteiger partial charge in [-0.1, -0.05) is 25.0 Å². The molecule has 3 aromatic heterocycles. The van der Waals surface area contributed by atoms with E-state index in [-0.39, 0.29) is 24.8 Å². The zero-order valence-corrected chi connectivity index (χ0v) is 24.5. The molecule has 6 rings (SSSR count). The molecule has 0 aromatic carbocycles. The molecule has 13 heteroatoms. The summed E-state index contributed by atoms with van der Waals surface area (Å²) in [6.07, 6.45) is 11.8. The molecule has 5 heterocycles. The number of esters is 1. The van der Waals surface area contributed by atoms with E-state index in [0.717, 1.165) is 35.9 Å². The van der Waals surface area contributed by atoms with Crippen molar-refractivity contribution in [3.63, 3.8) is 0 Å². The number of fused-ring (bicyclic) bond motifs is 3. The molecule has 2 fully saturated rings. The molecule has 2 amide bonds. The van der Waals surface area contributed by atoms with Crippen LogP contribution in [0.25, 0.3) is 21.9 Å². The third-order valence-electron chi connectivity index (χ3n) is 8.40. The van der Waals surface area contributed by atoms with Crippen molar-refractivity contribution < 1.29 is 23.9 Å². The number of nitrogens with one attached hydrogen (secondary N) is 1. The van der Waals surface area contributed by atoms with Crippen LogP contribution in [-0.2, 0) is 26.2 Å². The first kappa shape index (κ1) is 28.3. The SMILES string of the molecule is COC(=O)[C@@]12C[C@H]1/C=C\CCCCCC(N)C(=O)N1C[C@H](Oc3nc(-c4nccn4C)nc4ccsc34)C[C@H]1C(=O)N2. The summed E-state index contributed by atoms with van der Waals surface area (Å²) in [5, 5.41) is 4.86. The Kier molecular flexibility index (Phi) is 7.71. The minimum atomic E-state index is -1.13. The highest BCUT2D eigenvalue weighted by atomic mass is 32.1.